The maximum absolute atomic E-state index is 12.2. The molecule has 0 atom stereocenters. The van der Waals surface area contributed by atoms with Gasteiger partial charge in [0.2, 0.25) is 0 Å². The third-order valence-electron chi connectivity index (χ3n) is 3.11. The Morgan fingerprint density at radius 2 is 2.09 bits per heavy atom. The zero-order valence-corrected chi connectivity index (χ0v) is 13.7. The number of nitrogens with zero attached hydrogens (tertiary/aromatic N) is 2. The molecule has 0 spiro atoms. The number of thiazole rings is 1. The van der Waals surface area contributed by atoms with Crippen LogP contribution in [0.15, 0.2) is 29.6 Å². The van der Waals surface area contributed by atoms with Crippen molar-refractivity contribution in [3.05, 3.63) is 35.3 Å². The summed E-state index contributed by atoms with van der Waals surface area (Å²) < 4.78 is 5.12. The topological polar surface area (TPSA) is 66.5 Å². The lowest BCUT2D eigenvalue weighted by Crippen LogP contribution is -2.32. The van der Waals surface area contributed by atoms with Crippen molar-refractivity contribution < 1.29 is 9.53 Å². The molecule has 0 aliphatic rings. The maximum Gasteiger partial charge on any atom is 0.273 e. The zero-order chi connectivity index (χ0) is 15.9. The van der Waals surface area contributed by atoms with Gasteiger partial charge in [0.25, 0.3) is 5.91 Å². The Kier molecular flexibility index (Phi) is 5.74. The van der Waals surface area contributed by atoms with Crippen LogP contribution in [0.5, 0.6) is 5.75 Å². The molecule has 2 rings (SSSR count). The highest BCUT2D eigenvalue weighted by Crippen LogP contribution is 2.23. The van der Waals surface area contributed by atoms with E-state index in [0.717, 1.165) is 18.0 Å². The lowest BCUT2D eigenvalue weighted by atomic mass is 10.3. The van der Waals surface area contributed by atoms with Gasteiger partial charge in [0.1, 0.15) is 11.4 Å². The number of carbonyl (C=O) groups excluding carboxylic acids is 1. The van der Waals surface area contributed by atoms with Crippen LogP contribution in [0.25, 0.3) is 0 Å². The van der Waals surface area contributed by atoms with Gasteiger partial charge in [-0.3, -0.25) is 4.79 Å². The number of ether oxygens (including phenoxy) is 1. The summed E-state index contributed by atoms with van der Waals surface area (Å²) in [6.45, 7) is 1.40. The van der Waals surface area contributed by atoms with Gasteiger partial charge < -0.3 is 20.3 Å². The summed E-state index contributed by atoms with van der Waals surface area (Å²) >= 11 is 1.41. The van der Waals surface area contributed by atoms with Gasteiger partial charge in [-0.2, -0.15) is 0 Å². The number of anilines is 2. The fourth-order valence-corrected chi connectivity index (χ4v) is 2.51. The summed E-state index contributed by atoms with van der Waals surface area (Å²) in [5.41, 5.74) is 1.36. The normalized spacial score (nSPS) is 10.3. The number of benzene rings is 1. The Balaban J connectivity index is 1.99. The Bertz CT molecular complexity index is 612. The van der Waals surface area contributed by atoms with E-state index >= 15 is 0 Å². The van der Waals surface area contributed by atoms with Crippen LogP contribution in [0.4, 0.5) is 10.8 Å². The molecule has 0 radical (unpaired) electrons. The van der Waals surface area contributed by atoms with Crippen molar-refractivity contribution >= 4 is 28.1 Å². The summed E-state index contributed by atoms with van der Waals surface area (Å²) in [6, 6.07) is 7.54. The van der Waals surface area contributed by atoms with Crippen molar-refractivity contribution in [2.75, 3.05) is 39.6 Å². The van der Waals surface area contributed by atoms with Crippen molar-refractivity contribution in [1.29, 1.82) is 0 Å². The molecular formula is C15H20N4O2S. The Morgan fingerprint density at radius 3 is 2.73 bits per heavy atom. The molecule has 22 heavy (non-hydrogen) atoms. The SMILES string of the molecule is CNCCN(C)C(=O)c1csc(Nc2ccc(OC)cc2)n1. The molecule has 0 aliphatic heterocycles. The lowest BCUT2D eigenvalue weighted by Gasteiger charge is -2.15. The van der Waals surface area contributed by atoms with Gasteiger partial charge in [-0.05, 0) is 31.3 Å². The van der Waals surface area contributed by atoms with Gasteiger partial charge in [0, 0.05) is 31.2 Å². The molecule has 2 N–H and O–H groups in total. The van der Waals surface area contributed by atoms with Gasteiger partial charge in [-0.15, -0.1) is 11.3 Å². The second-order valence-corrected chi connectivity index (χ2v) is 5.58. The Morgan fingerprint density at radius 1 is 1.36 bits per heavy atom. The van der Waals surface area contributed by atoms with E-state index in [9.17, 15) is 4.79 Å². The molecule has 0 bridgehead atoms. The second-order valence-electron chi connectivity index (χ2n) is 4.72. The minimum absolute atomic E-state index is 0.0747. The Labute approximate surface area is 134 Å². The minimum atomic E-state index is -0.0747. The van der Waals surface area contributed by atoms with Crippen LogP contribution in [0, 0.1) is 0 Å². The predicted octanol–water partition coefficient (Wildman–Crippen LogP) is 2.19. The fourth-order valence-electron chi connectivity index (χ4n) is 1.80. The first-order valence-corrected chi connectivity index (χ1v) is 7.78. The second kappa shape index (κ2) is 7.77. The number of hydrogen-bond donors (Lipinski definition) is 2. The molecule has 1 amide bonds. The number of rotatable bonds is 7. The summed E-state index contributed by atoms with van der Waals surface area (Å²) in [6.07, 6.45) is 0. The number of aromatic nitrogens is 1. The smallest absolute Gasteiger partial charge is 0.273 e. The number of methoxy groups -OCH3 is 1. The first-order chi connectivity index (χ1) is 10.6. The fraction of sp³-hybridized carbons (Fsp3) is 0.333. The van der Waals surface area contributed by atoms with Crippen LogP contribution < -0.4 is 15.4 Å². The maximum atomic E-state index is 12.2. The molecule has 7 heteroatoms. The summed E-state index contributed by atoms with van der Waals surface area (Å²) in [7, 11) is 5.26. The van der Waals surface area contributed by atoms with E-state index in [4.69, 9.17) is 4.74 Å². The molecule has 0 aliphatic carbocycles. The first kappa shape index (κ1) is 16.3. The highest BCUT2D eigenvalue weighted by Gasteiger charge is 2.15. The standard InChI is InChI=1S/C15H20N4O2S/c1-16-8-9-19(2)14(20)13-10-22-15(18-13)17-11-4-6-12(21-3)7-5-11/h4-7,10,16H,8-9H2,1-3H3,(H,17,18). The number of nitrogens with one attached hydrogen (secondary N) is 2. The van der Waals surface area contributed by atoms with Crippen molar-refractivity contribution in [2.24, 2.45) is 0 Å². The van der Waals surface area contributed by atoms with E-state index in [1.54, 1.807) is 24.4 Å². The highest BCUT2D eigenvalue weighted by atomic mass is 32.1. The van der Waals surface area contributed by atoms with E-state index < -0.39 is 0 Å². The van der Waals surface area contributed by atoms with Crippen molar-refractivity contribution in [2.45, 2.75) is 0 Å². The molecule has 1 aromatic heterocycles. The van der Waals surface area contributed by atoms with Gasteiger partial charge in [0.05, 0.1) is 7.11 Å². The number of hydrogen-bond acceptors (Lipinski definition) is 6. The van der Waals surface area contributed by atoms with Gasteiger partial charge in [-0.1, -0.05) is 0 Å². The van der Waals surface area contributed by atoms with E-state index in [2.05, 4.69) is 15.6 Å². The van der Waals surface area contributed by atoms with E-state index in [1.165, 1.54) is 11.3 Å². The van der Waals surface area contributed by atoms with Gasteiger partial charge >= 0.3 is 0 Å². The molecule has 6 nitrogen and oxygen atoms in total. The van der Waals surface area contributed by atoms with E-state index in [1.807, 2.05) is 31.3 Å². The van der Waals surface area contributed by atoms with Crippen molar-refractivity contribution in [3.8, 4) is 5.75 Å². The molecule has 0 fully saturated rings. The largest absolute Gasteiger partial charge is 0.497 e. The number of carbonyl (C=O) groups is 1. The molecule has 118 valence electrons. The molecule has 1 aromatic carbocycles. The van der Waals surface area contributed by atoms with Gasteiger partial charge in [0.15, 0.2) is 5.13 Å². The third-order valence-corrected chi connectivity index (χ3v) is 3.87. The van der Waals surface area contributed by atoms with Crippen LogP contribution in [-0.2, 0) is 0 Å². The minimum Gasteiger partial charge on any atom is -0.497 e. The summed E-state index contributed by atoms with van der Waals surface area (Å²) in [5.74, 6) is 0.723. The molecule has 0 saturated carbocycles. The van der Waals surface area contributed by atoms with E-state index in [-0.39, 0.29) is 5.91 Å². The molecule has 0 unspecified atom stereocenters. The van der Waals surface area contributed by atoms with Crippen molar-refractivity contribution in [3.63, 3.8) is 0 Å². The van der Waals surface area contributed by atoms with E-state index in [0.29, 0.717) is 17.4 Å². The van der Waals surface area contributed by atoms with Crippen LogP contribution in [-0.4, -0.2) is 50.1 Å². The molecular weight excluding hydrogens is 300 g/mol. The third kappa shape index (κ3) is 4.19. The number of amides is 1. The zero-order valence-electron chi connectivity index (χ0n) is 12.9. The quantitative estimate of drug-likeness (QED) is 0.818. The highest BCUT2D eigenvalue weighted by molar-refractivity contribution is 7.14. The molecule has 2 aromatic rings. The summed E-state index contributed by atoms with van der Waals surface area (Å²) in [4.78, 5) is 18.2. The molecule has 1 heterocycles. The van der Waals surface area contributed by atoms with Crippen molar-refractivity contribution in [1.82, 2.24) is 15.2 Å². The van der Waals surface area contributed by atoms with Crippen LogP contribution in [0.2, 0.25) is 0 Å². The monoisotopic (exact) mass is 320 g/mol. The summed E-state index contributed by atoms with van der Waals surface area (Å²) in [5, 5.41) is 8.66. The number of likely N-dealkylation sites (N-methyl/N-ethyl adjacent to an activating group) is 2. The van der Waals surface area contributed by atoms with Gasteiger partial charge in [-0.25, -0.2) is 4.98 Å². The average molecular weight is 320 g/mol. The lowest BCUT2D eigenvalue weighted by molar-refractivity contribution is 0.0792. The van der Waals surface area contributed by atoms with Crippen LogP contribution >= 0.6 is 11.3 Å². The van der Waals surface area contributed by atoms with Crippen LogP contribution in [0.1, 0.15) is 10.5 Å². The first-order valence-electron chi connectivity index (χ1n) is 6.90. The van der Waals surface area contributed by atoms with Crippen LogP contribution in [0.3, 0.4) is 0 Å². The Hall–Kier alpha value is -2.12. The average Bonchev–Trinajstić information content (AvgIpc) is 3.01. The predicted molar refractivity (Wildman–Crippen MR) is 89.3 cm³/mol. The molecule has 0 saturated heterocycles.